The van der Waals surface area contributed by atoms with Crippen LogP contribution in [0.15, 0.2) is 164 Å². The van der Waals surface area contributed by atoms with Crippen LogP contribution < -0.4 is 4.90 Å². The van der Waals surface area contributed by atoms with Gasteiger partial charge in [-0.3, -0.25) is 0 Å². The summed E-state index contributed by atoms with van der Waals surface area (Å²) in [5, 5.41) is 7.61. The Labute approximate surface area is 292 Å². The van der Waals surface area contributed by atoms with Crippen molar-refractivity contribution in [3.05, 3.63) is 169 Å². The van der Waals surface area contributed by atoms with E-state index in [0.717, 1.165) is 11.4 Å². The summed E-state index contributed by atoms with van der Waals surface area (Å²) in [4.78, 5) is 2.38. The predicted molar refractivity (Wildman–Crippen MR) is 214 cm³/mol. The highest BCUT2D eigenvalue weighted by molar-refractivity contribution is 6.13. The third-order valence-corrected chi connectivity index (χ3v) is 10.6. The van der Waals surface area contributed by atoms with Crippen molar-refractivity contribution in [2.45, 2.75) is 26.2 Å². The van der Waals surface area contributed by atoms with Crippen LogP contribution in [0.25, 0.3) is 71.3 Å². The summed E-state index contributed by atoms with van der Waals surface area (Å²) < 4.78 is 2.40. The predicted octanol–water partition coefficient (Wildman–Crippen LogP) is 13.5. The molecule has 0 unspecified atom stereocenters. The number of fused-ring (bicyclic) bond motifs is 9. The third-order valence-electron chi connectivity index (χ3n) is 10.6. The monoisotopic (exact) mass is 640 g/mol. The molecule has 1 aliphatic rings. The van der Waals surface area contributed by atoms with Gasteiger partial charge < -0.3 is 9.47 Å². The number of anilines is 3. The van der Waals surface area contributed by atoms with E-state index in [1.165, 1.54) is 82.5 Å². The molecule has 0 N–H and O–H groups in total. The molecule has 0 bridgehead atoms. The van der Waals surface area contributed by atoms with Gasteiger partial charge >= 0.3 is 0 Å². The standard InChI is InChI=1S/C48H36N2/c1-48(2,3)35-12-11-15-37(30-35)49(36-13-5-4-6-14-36)38-22-20-31-26-42-44(28-33(31)24-38)43-27-32-21-23-39(25-34(32)29-45(42)43)50-46-18-9-7-16-40(46)41-17-8-10-19-47(41)50/h4-30H,1-3H3. The SMILES string of the molecule is CC(C)(C)c1cccc(N(c2ccccc2)c2ccc3cc4c(cc3c2)-c2cc3ccc(-n5c6ccccc6c6ccccc65)cc3cc2-4)c1. The fourth-order valence-corrected chi connectivity index (χ4v) is 8.01. The maximum absolute atomic E-state index is 2.40. The van der Waals surface area contributed by atoms with Crippen LogP contribution in [0.4, 0.5) is 17.1 Å². The van der Waals surface area contributed by atoms with Crippen molar-refractivity contribution in [3.63, 3.8) is 0 Å². The molecular formula is C48H36N2. The van der Waals surface area contributed by atoms with Crippen LogP contribution in [0.3, 0.4) is 0 Å². The molecule has 8 aromatic carbocycles. The highest BCUT2D eigenvalue weighted by Crippen LogP contribution is 2.51. The van der Waals surface area contributed by atoms with Gasteiger partial charge in [-0.25, -0.2) is 0 Å². The van der Waals surface area contributed by atoms with Gasteiger partial charge in [0.2, 0.25) is 0 Å². The van der Waals surface area contributed by atoms with Gasteiger partial charge in [-0.2, -0.15) is 0 Å². The van der Waals surface area contributed by atoms with Crippen molar-refractivity contribution < 1.29 is 0 Å². The number of hydrogen-bond donors (Lipinski definition) is 0. The Bertz CT molecular complexity index is 2740. The maximum atomic E-state index is 2.40. The zero-order valence-electron chi connectivity index (χ0n) is 28.5. The minimum Gasteiger partial charge on any atom is -0.310 e. The van der Waals surface area contributed by atoms with Crippen molar-refractivity contribution in [1.29, 1.82) is 0 Å². The van der Waals surface area contributed by atoms with E-state index < -0.39 is 0 Å². The molecule has 50 heavy (non-hydrogen) atoms. The summed E-state index contributed by atoms with van der Waals surface area (Å²) in [5.41, 5.74) is 13.9. The summed E-state index contributed by atoms with van der Waals surface area (Å²) in [7, 11) is 0. The normalized spacial score (nSPS) is 12.3. The van der Waals surface area contributed by atoms with E-state index in [-0.39, 0.29) is 5.41 Å². The van der Waals surface area contributed by atoms with Crippen LogP contribution in [0.2, 0.25) is 0 Å². The van der Waals surface area contributed by atoms with Crippen LogP contribution in [-0.2, 0) is 5.41 Å². The first-order chi connectivity index (χ1) is 24.4. The van der Waals surface area contributed by atoms with Gasteiger partial charge in [-0.1, -0.05) is 99.6 Å². The third kappa shape index (κ3) is 4.42. The molecule has 0 saturated heterocycles. The van der Waals surface area contributed by atoms with Crippen LogP contribution in [-0.4, -0.2) is 4.57 Å². The Morgan fingerprint density at radius 2 is 0.920 bits per heavy atom. The molecule has 238 valence electrons. The summed E-state index contributed by atoms with van der Waals surface area (Å²) in [6.07, 6.45) is 0. The summed E-state index contributed by atoms with van der Waals surface area (Å²) in [6.45, 7) is 6.83. The average Bonchev–Trinajstić information content (AvgIpc) is 3.48. The second-order valence-electron chi connectivity index (χ2n) is 14.7. The second kappa shape index (κ2) is 10.7. The van der Waals surface area contributed by atoms with Crippen molar-refractivity contribution in [3.8, 4) is 27.9 Å². The minimum absolute atomic E-state index is 0.0637. The molecule has 0 radical (unpaired) electrons. The van der Waals surface area contributed by atoms with Gasteiger partial charge in [0, 0.05) is 33.5 Å². The number of para-hydroxylation sites is 3. The van der Waals surface area contributed by atoms with Crippen molar-refractivity contribution >= 4 is 60.4 Å². The molecule has 0 amide bonds. The summed E-state index contributed by atoms with van der Waals surface area (Å²) >= 11 is 0. The molecule has 1 heterocycles. The van der Waals surface area contributed by atoms with Gasteiger partial charge in [0.25, 0.3) is 0 Å². The van der Waals surface area contributed by atoms with Crippen molar-refractivity contribution in [2.24, 2.45) is 0 Å². The molecule has 1 aliphatic carbocycles. The Balaban J connectivity index is 1.06. The van der Waals surface area contributed by atoms with E-state index in [0.29, 0.717) is 0 Å². The van der Waals surface area contributed by atoms with E-state index in [1.54, 1.807) is 0 Å². The molecule has 10 rings (SSSR count). The van der Waals surface area contributed by atoms with Crippen molar-refractivity contribution in [2.75, 3.05) is 4.90 Å². The van der Waals surface area contributed by atoms with Crippen LogP contribution >= 0.6 is 0 Å². The van der Waals surface area contributed by atoms with Gasteiger partial charge in [-0.15, -0.1) is 0 Å². The largest absolute Gasteiger partial charge is 0.310 e. The number of nitrogens with zero attached hydrogens (tertiary/aromatic N) is 2. The number of aromatic nitrogens is 1. The summed E-state index contributed by atoms with van der Waals surface area (Å²) in [6, 6.07) is 60.5. The van der Waals surface area contributed by atoms with Crippen molar-refractivity contribution in [1.82, 2.24) is 4.57 Å². The maximum Gasteiger partial charge on any atom is 0.0541 e. The second-order valence-corrected chi connectivity index (χ2v) is 14.7. The average molecular weight is 641 g/mol. The zero-order chi connectivity index (χ0) is 33.6. The molecule has 0 aliphatic heterocycles. The van der Waals surface area contributed by atoms with E-state index in [2.05, 4.69) is 194 Å². The Kier molecular flexibility index (Phi) is 6.17. The Morgan fingerprint density at radius 3 is 1.56 bits per heavy atom. The lowest BCUT2D eigenvalue weighted by Gasteiger charge is -2.29. The molecule has 1 aromatic heterocycles. The van der Waals surface area contributed by atoms with E-state index >= 15 is 0 Å². The van der Waals surface area contributed by atoms with Gasteiger partial charge in [0.05, 0.1) is 11.0 Å². The lowest BCUT2D eigenvalue weighted by Crippen LogP contribution is -2.14. The Morgan fingerprint density at radius 1 is 0.400 bits per heavy atom. The number of hydrogen-bond acceptors (Lipinski definition) is 1. The first-order valence-electron chi connectivity index (χ1n) is 17.5. The van der Waals surface area contributed by atoms with Crippen LogP contribution in [0, 0.1) is 0 Å². The highest BCUT2D eigenvalue weighted by Gasteiger charge is 2.25. The Hall–Kier alpha value is -6.12. The molecule has 0 fully saturated rings. The van der Waals surface area contributed by atoms with Crippen LogP contribution in [0.5, 0.6) is 0 Å². The van der Waals surface area contributed by atoms with E-state index in [4.69, 9.17) is 0 Å². The van der Waals surface area contributed by atoms with Gasteiger partial charge in [0.15, 0.2) is 0 Å². The number of benzene rings is 8. The lowest BCUT2D eigenvalue weighted by molar-refractivity contribution is 0.590. The number of rotatable bonds is 4. The first-order valence-corrected chi connectivity index (χ1v) is 17.5. The zero-order valence-corrected chi connectivity index (χ0v) is 28.5. The molecule has 0 atom stereocenters. The summed E-state index contributed by atoms with van der Waals surface area (Å²) in [5.74, 6) is 0. The quantitative estimate of drug-likeness (QED) is 0.186. The van der Waals surface area contributed by atoms with E-state index in [1.807, 2.05) is 0 Å². The molecular weight excluding hydrogens is 605 g/mol. The highest BCUT2D eigenvalue weighted by atomic mass is 15.1. The molecule has 2 nitrogen and oxygen atoms in total. The van der Waals surface area contributed by atoms with E-state index in [9.17, 15) is 0 Å². The topological polar surface area (TPSA) is 8.17 Å². The lowest BCUT2D eigenvalue weighted by atomic mass is 9.78. The van der Waals surface area contributed by atoms with Gasteiger partial charge in [0.1, 0.15) is 0 Å². The molecule has 0 saturated carbocycles. The molecule has 0 spiro atoms. The van der Waals surface area contributed by atoms with Crippen LogP contribution in [0.1, 0.15) is 26.3 Å². The smallest absolute Gasteiger partial charge is 0.0541 e. The fourth-order valence-electron chi connectivity index (χ4n) is 8.01. The van der Waals surface area contributed by atoms with Gasteiger partial charge in [-0.05, 0) is 140 Å². The fraction of sp³-hybridized carbons (Fsp3) is 0.0833. The molecule has 2 heteroatoms. The minimum atomic E-state index is 0.0637. The first kappa shape index (κ1) is 28.9. The molecule has 9 aromatic rings.